The lowest BCUT2D eigenvalue weighted by atomic mass is 9.73. The number of nitrogens with one attached hydrogen (secondary N) is 2. The van der Waals surface area contributed by atoms with E-state index in [2.05, 4.69) is 120 Å². The van der Waals surface area contributed by atoms with Crippen LogP contribution in [0, 0.1) is 11.8 Å². The number of benzene rings is 3. The highest BCUT2D eigenvalue weighted by Crippen LogP contribution is 2.66. The molecule has 3 nitrogen and oxygen atoms in total. The van der Waals surface area contributed by atoms with Gasteiger partial charge in [-0.1, -0.05) is 108 Å². The third-order valence-electron chi connectivity index (χ3n) is 10.4. The van der Waals surface area contributed by atoms with Crippen molar-refractivity contribution in [3.8, 4) is 0 Å². The minimum Gasteiger partial charge on any atom is -0.316 e. The molecule has 228 valence electrons. The summed E-state index contributed by atoms with van der Waals surface area (Å²) in [6, 6.07) is 27.3. The summed E-state index contributed by atoms with van der Waals surface area (Å²) in [5.41, 5.74) is 7.18. The monoisotopic (exact) mass is 612 g/mol. The second-order valence-electron chi connectivity index (χ2n) is 14.6. The van der Waals surface area contributed by atoms with Gasteiger partial charge in [0.05, 0.1) is 0 Å². The van der Waals surface area contributed by atoms with E-state index in [-0.39, 0.29) is 15.5 Å². The van der Waals surface area contributed by atoms with Crippen molar-refractivity contribution in [1.29, 1.82) is 0 Å². The predicted octanol–water partition coefficient (Wildman–Crippen LogP) is 7.18. The van der Waals surface area contributed by atoms with Crippen molar-refractivity contribution in [1.82, 2.24) is 10.6 Å². The third-order valence-corrected chi connectivity index (χ3v) is 15.3. The van der Waals surface area contributed by atoms with Crippen molar-refractivity contribution in [3.63, 3.8) is 0 Å². The van der Waals surface area contributed by atoms with Crippen LogP contribution < -0.4 is 15.9 Å². The second-order valence-corrected chi connectivity index (χ2v) is 19.2. The van der Waals surface area contributed by atoms with Gasteiger partial charge in [-0.15, -0.1) is 9.24 Å². The second kappa shape index (κ2) is 12.5. The van der Waals surface area contributed by atoms with E-state index < -0.39 is 7.92 Å². The van der Waals surface area contributed by atoms with Crippen molar-refractivity contribution >= 4 is 28.2 Å². The molecule has 3 saturated heterocycles. The SMILES string of the molecule is CC1(C)CC(=O)CC(C)(C)P1c1cc(Cc2ccccc2)c(Cc2ccccc2)cc1C(P)(C1CCNC1)C1CCNC1. The molecule has 3 aromatic rings. The molecule has 3 fully saturated rings. The fourth-order valence-electron chi connectivity index (χ4n) is 8.72. The standard InChI is InChI=1S/C38H50N2OP2/c1-36(2)23-33(41)24-37(3,4)43(36)35-22-30(20-28-13-9-6-10-14-28)29(19-27-11-7-5-8-12-27)21-34(35)38(42,31-15-17-39-25-31)32-16-18-40-26-32/h5-14,21-22,31-32,39-40H,15-20,23-26,42H2,1-4H3. The van der Waals surface area contributed by atoms with E-state index >= 15 is 0 Å². The largest absolute Gasteiger partial charge is 0.316 e. The summed E-state index contributed by atoms with van der Waals surface area (Å²) < 4.78 is 0. The van der Waals surface area contributed by atoms with Crippen molar-refractivity contribution in [3.05, 3.63) is 101 Å². The van der Waals surface area contributed by atoms with Gasteiger partial charge in [-0.3, -0.25) is 4.79 Å². The van der Waals surface area contributed by atoms with E-state index in [0.29, 0.717) is 30.5 Å². The Labute approximate surface area is 263 Å². The molecule has 0 aliphatic carbocycles. The Balaban J connectivity index is 1.61. The van der Waals surface area contributed by atoms with Crippen LogP contribution in [-0.2, 0) is 22.8 Å². The average molecular weight is 613 g/mol. The molecule has 0 aromatic heterocycles. The number of rotatable bonds is 8. The molecule has 0 radical (unpaired) electrons. The van der Waals surface area contributed by atoms with Crippen molar-refractivity contribution in [2.24, 2.45) is 11.8 Å². The van der Waals surface area contributed by atoms with Crippen LogP contribution >= 0.6 is 17.2 Å². The van der Waals surface area contributed by atoms with Gasteiger partial charge in [-0.05, 0) is 107 Å². The smallest absolute Gasteiger partial charge is 0.134 e. The highest BCUT2D eigenvalue weighted by atomic mass is 31.1. The highest BCUT2D eigenvalue weighted by Gasteiger charge is 2.52. The molecule has 43 heavy (non-hydrogen) atoms. The molecular weight excluding hydrogens is 562 g/mol. The molecule has 2 N–H and O–H groups in total. The van der Waals surface area contributed by atoms with E-state index in [4.69, 9.17) is 0 Å². The van der Waals surface area contributed by atoms with Crippen LogP contribution in [0.5, 0.6) is 0 Å². The van der Waals surface area contributed by atoms with E-state index in [1.807, 2.05) is 0 Å². The topological polar surface area (TPSA) is 41.1 Å². The molecule has 6 rings (SSSR count). The summed E-state index contributed by atoms with van der Waals surface area (Å²) in [6.07, 6.45) is 5.65. The summed E-state index contributed by atoms with van der Waals surface area (Å²) in [4.78, 5) is 13.1. The van der Waals surface area contributed by atoms with Gasteiger partial charge in [0, 0.05) is 18.0 Å². The number of carbonyl (C=O) groups excluding carboxylic acids is 1. The number of Topliss-reactive ketones (excluding diaryl/α,β-unsaturated/α-hetero) is 1. The minimum absolute atomic E-state index is 0.0189. The number of hydrogen-bond donors (Lipinski definition) is 2. The number of carbonyl (C=O) groups is 1. The molecule has 3 aliphatic rings. The number of ketones is 1. The summed E-state index contributed by atoms with van der Waals surface area (Å²) in [5, 5.41) is 8.90. The van der Waals surface area contributed by atoms with Gasteiger partial charge < -0.3 is 10.6 Å². The maximum atomic E-state index is 13.1. The Morgan fingerprint density at radius 1 is 0.767 bits per heavy atom. The summed E-state index contributed by atoms with van der Waals surface area (Å²) >= 11 is 0. The Hall–Kier alpha value is -1.89. The van der Waals surface area contributed by atoms with Crippen molar-refractivity contribution in [2.45, 2.75) is 81.7 Å². The van der Waals surface area contributed by atoms with Crippen LogP contribution in [0.15, 0.2) is 72.8 Å². The Morgan fingerprint density at radius 2 is 1.23 bits per heavy atom. The molecule has 5 heteroatoms. The lowest BCUT2D eigenvalue weighted by Crippen LogP contribution is -2.47. The average Bonchev–Trinajstić information content (AvgIpc) is 3.69. The zero-order valence-electron chi connectivity index (χ0n) is 26.6. The van der Waals surface area contributed by atoms with Gasteiger partial charge in [0.2, 0.25) is 0 Å². The molecule has 0 bridgehead atoms. The van der Waals surface area contributed by atoms with Gasteiger partial charge in [0.25, 0.3) is 0 Å². The number of hydrogen-bond acceptors (Lipinski definition) is 3. The predicted molar refractivity (Wildman–Crippen MR) is 187 cm³/mol. The molecule has 0 spiro atoms. The first kappa shape index (κ1) is 31.1. The quantitative estimate of drug-likeness (QED) is 0.265. The van der Waals surface area contributed by atoms with Crippen LogP contribution in [0.4, 0.5) is 0 Å². The molecule has 3 unspecified atom stereocenters. The molecule has 3 heterocycles. The minimum atomic E-state index is -0.631. The van der Waals surface area contributed by atoms with E-state index in [1.54, 1.807) is 10.9 Å². The Bertz CT molecular complexity index is 1390. The van der Waals surface area contributed by atoms with Crippen LogP contribution in [0.3, 0.4) is 0 Å². The lowest BCUT2D eigenvalue weighted by Gasteiger charge is -2.52. The summed E-state index contributed by atoms with van der Waals surface area (Å²) in [7, 11) is 2.88. The fraction of sp³-hybridized carbons (Fsp3) is 0.500. The lowest BCUT2D eigenvalue weighted by molar-refractivity contribution is -0.120. The first-order valence-electron chi connectivity index (χ1n) is 16.3. The third kappa shape index (κ3) is 6.31. The van der Waals surface area contributed by atoms with E-state index in [9.17, 15) is 4.79 Å². The van der Waals surface area contributed by atoms with Crippen LogP contribution in [0.1, 0.15) is 81.2 Å². The van der Waals surface area contributed by atoms with Gasteiger partial charge in [-0.2, -0.15) is 0 Å². The summed E-state index contributed by atoms with van der Waals surface area (Å²) in [6.45, 7) is 13.9. The van der Waals surface area contributed by atoms with Gasteiger partial charge in [0.1, 0.15) is 5.78 Å². The Morgan fingerprint density at radius 3 is 1.67 bits per heavy atom. The zero-order valence-corrected chi connectivity index (χ0v) is 28.6. The van der Waals surface area contributed by atoms with Crippen molar-refractivity contribution < 1.29 is 4.79 Å². The normalized spacial score (nSPS) is 25.1. The summed E-state index contributed by atoms with van der Waals surface area (Å²) in [5.74, 6) is 1.56. The molecule has 3 atom stereocenters. The van der Waals surface area contributed by atoms with E-state index in [1.165, 1.54) is 35.1 Å². The van der Waals surface area contributed by atoms with Crippen molar-refractivity contribution in [2.75, 3.05) is 26.2 Å². The molecule has 0 amide bonds. The highest BCUT2D eigenvalue weighted by molar-refractivity contribution is 7.69. The van der Waals surface area contributed by atoms with Gasteiger partial charge in [-0.25, -0.2) is 0 Å². The van der Waals surface area contributed by atoms with Gasteiger partial charge in [0.15, 0.2) is 0 Å². The molecule has 3 aromatic carbocycles. The maximum absolute atomic E-state index is 13.1. The fourth-order valence-corrected chi connectivity index (χ4v) is 14.0. The van der Waals surface area contributed by atoms with Gasteiger partial charge >= 0.3 is 0 Å². The first-order valence-corrected chi connectivity index (χ1v) is 18.3. The van der Waals surface area contributed by atoms with Crippen LogP contribution in [0.25, 0.3) is 0 Å². The first-order chi connectivity index (χ1) is 20.6. The van der Waals surface area contributed by atoms with Crippen LogP contribution in [-0.4, -0.2) is 42.3 Å². The molecule has 3 aliphatic heterocycles. The van der Waals surface area contributed by atoms with E-state index in [0.717, 1.165) is 39.0 Å². The van der Waals surface area contributed by atoms with Crippen LogP contribution in [0.2, 0.25) is 0 Å². The zero-order chi connectivity index (χ0) is 30.2. The Kier molecular flexibility index (Phi) is 9.03. The molecule has 0 saturated carbocycles. The maximum Gasteiger partial charge on any atom is 0.134 e. The molecular formula is C38H50N2OP2.